The maximum atomic E-state index is 12.3. The number of anilines is 1. The van der Waals surface area contributed by atoms with Crippen molar-refractivity contribution in [2.75, 3.05) is 12.0 Å². The smallest absolute Gasteiger partial charge is 0.359 e. The van der Waals surface area contributed by atoms with Crippen molar-refractivity contribution in [3.8, 4) is 0 Å². The zero-order chi connectivity index (χ0) is 17.3. The number of carbonyl (C=O) groups is 1. The Labute approximate surface area is 137 Å². The van der Waals surface area contributed by atoms with Gasteiger partial charge in [-0.1, -0.05) is 6.07 Å². The summed E-state index contributed by atoms with van der Waals surface area (Å²) in [6.07, 6.45) is 5.25. The number of carbonyl (C=O) groups excluding carboxylic acids is 1. The van der Waals surface area contributed by atoms with Crippen LogP contribution < -0.4 is 5.73 Å². The molecular formula is C14H13N5O4S. The molecule has 0 aliphatic heterocycles. The number of rotatable bonds is 4. The van der Waals surface area contributed by atoms with E-state index in [1.807, 2.05) is 0 Å². The van der Waals surface area contributed by atoms with E-state index in [4.69, 9.17) is 10.5 Å². The highest BCUT2D eigenvalue weighted by atomic mass is 32.2. The van der Waals surface area contributed by atoms with Gasteiger partial charge in [-0.25, -0.2) is 28.2 Å². The number of nitrogens with two attached hydrogens (primary N) is 1. The zero-order valence-electron chi connectivity index (χ0n) is 12.6. The summed E-state index contributed by atoms with van der Waals surface area (Å²) in [7, 11) is -3.61. The van der Waals surface area contributed by atoms with Gasteiger partial charge in [-0.3, -0.25) is 4.40 Å². The van der Waals surface area contributed by atoms with E-state index < -0.39 is 15.8 Å². The average Bonchev–Trinajstić information content (AvgIpc) is 2.94. The van der Waals surface area contributed by atoms with Crippen LogP contribution >= 0.6 is 0 Å². The third-order valence-corrected chi connectivity index (χ3v) is 4.17. The molecule has 0 aromatic carbocycles. The normalized spacial score (nSPS) is 11.5. The molecule has 2 N–H and O–H groups in total. The van der Waals surface area contributed by atoms with Crippen molar-refractivity contribution < 1.29 is 17.9 Å². The number of hydrogen-bond donors (Lipinski definition) is 1. The Morgan fingerprint density at radius 3 is 2.88 bits per heavy atom. The molecule has 3 aromatic rings. The summed E-state index contributed by atoms with van der Waals surface area (Å²) in [5, 5.41) is -0.229. The van der Waals surface area contributed by atoms with Gasteiger partial charge in [0.25, 0.3) is 0 Å². The fourth-order valence-corrected chi connectivity index (χ4v) is 2.89. The molecule has 124 valence electrons. The number of nitrogens with zero attached hydrogens (tertiary/aromatic N) is 4. The zero-order valence-corrected chi connectivity index (χ0v) is 13.4. The molecular weight excluding hydrogens is 334 g/mol. The van der Waals surface area contributed by atoms with Crippen molar-refractivity contribution in [2.45, 2.75) is 11.8 Å². The van der Waals surface area contributed by atoms with Gasteiger partial charge >= 0.3 is 5.97 Å². The Morgan fingerprint density at radius 1 is 1.38 bits per heavy atom. The lowest BCUT2D eigenvalue weighted by Crippen LogP contribution is -2.09. The number of nitrogen functional groups attached to an aromatic ring is 1. The molecule has 0 aliphatic rings. The van der Waals surface area contributed by atoms with E-state index >= 15 is 0 Å². The van der Waals surface area contributed by atoms with Gasteiger partial charge < -0.3 is 10.5 Å². The first-order valence-electron chi connectivity index (χ1n) is 6.76. The molecule has 0 saturated carbocycles. The summed E-state index contributed by atoms with van der Waals surface area (Å²) in [6, 6.07) is 4.89. The number of hydrogen-bond acceptors (Lipinski definition) is 8. The van der Waals surface area contributed by atoms with Gasteiger partial charge in [-0.15, -0.1) is 0 Å². The molecule has 3 heterocycles. The van der Waals surface area contributed by atoms with E-state index in [1.54, 1.807) is 18.2 Å². The summed E-state index contributed by atoms with van der Waals surface area (Å²) in [5.74, 6) is -0.568. The molecule has 9 nitrogen and oxygen atoms in total. The second-order valence-electron chi connectivity index (χ2n) is 4.98. The van der Waals surface area contributed by atoms with Crippen LogP contribution in [0.5, 0.6) is 0 Å². The first-order valence-corrected chi connectivity index (χ1v) is 8.65. The topological polar surface area (TPSA) is 130 Å². The number of imidazole rings is 1. The molecule has 0 bridgehead atoms. The molecule has 0 amide bonds. The van der Waals surface area contributed by atoms with Crippen molar-refractivity contribution in [3.05, 3.63) is 48.2 Å². The van der Waals surface area contributed by atoms with E-state index in [9.17, 15) is 13.2 Å². The predicted octanol–water partition coefficient (Wildman–Crippen LogP) is 0.467. The average molecular weight is 347 g/mol. The fourth-order valence-electron chi connectivity index (χ4n) is 2.11. The van der Waals surface area contributed by atoms with Gasteiger partial charge in [-0.05, 0) is 12.1 Å². The van der Waals surface area contributed by atoms with Gasteiger partial charge in [0.15, 0.2) is 5.69 Å². The summed E-state index contributed by atoms with van der Waals surface area (Å²) in [6.45, 7) is -0.147. The van der Waals surface area contributed by atoms with Crippen LogP contribution in [0.15, 0.2) is 42.1 Å². The molecule has 0 aliphatic carbocycles. The Morgan fingerprint density at radius 2 is 2.17 bits per heavy atom. The quantitative estimate of drug-likeness (QED) is 0.674. The minimum atomic E-state index is -3.61. The van der Waals surface area contributed by atoms with E-state index in [0.29, 0.717) is 11.1 Å². The van der Waals surface area contributed by atoms with Gasteiger partial charge in [-0.2, -0.15) is 0 Å². The number of sulfone groups is 1. The van der Waals surface area contributed by atoms with Crippen molar-refractivity contribution in [3.63, 3.8) is 0 Å². The molecule has 3 rings (SSSR count). The van der Waals surface area contributed by atoms with E-state index in [2.05, 4.69) is 15.0 Å². The summed E-state index contributed by atoms with van der Waals surface area (Å²) in [4.78, 5) is 23.8. The standard InChI is InChI=1S/C14H13N5O4S/c1-24(21,22)14-18-11(10-4-2-3-5-19(10)14)13(20)23-7-9-6-16-8-17-12(9)15/h2-6,8H,7H2,1H3,(H2,15,16,17). The molecule has 10 heteroatoms. The lowest BCUT2D eigenvalue weighted by molar-refractivity contribution is 0.0468. The number of esters is 1. The Hall–Kier alpha value is -3.01. The second-order valence-corrected chi connectivity index (χ2v) is 6.89. The monoisotopic (exact) mass is 347 g/mol. The largest absolute Gasteiger partial charge is 0.456 e. The van der Waals surface area contributed by atoms with Crippen molar-refractivity contribution >= 4 is 27.1 Å². The number of aromatic nitrogens is 4. The molecule has 0 saturated heterocycles. The number of pyridine rings is 1. The number of ether oxygens (including phenoxy) is 1. The highest BCUT2D eigenvalue weighted by Crippen LogP contribution is 2.18. The third-order valence-electron chi connectivity index (χ3n) is 3.22. The highest BCUT2D eigenvalue weighted by molar-refractivity contribution is 7.90. The van der Waals surface area contributed by atoms with E-state index in [1.165, 1.54) is 23.1 Å². The lowest BCUT2D eigenvalue weighted by Gasteiger charge is -2.04. The molecule has 0 fully saturated rings. The fraction of sp³-hybridized carbons (Fsp3) is 0.143. The molecule has 0 spiro atoms. The molecule has 0 radical (unpaired) electrons. The van der Waals surface area contributed by atoms with Gasteiger partial charge in [0.05, 0.1) is 5.52 Å². The summed E-state index contributed by atoms with van der Waals surface area (Å²) in [5.41, 5.74) is 6.34. The van der Waals surface area contributed by atoms with Crippen molar-refractivity contribution in [1.82, 2.24) is 19.4 Å². The molecule has 24 heavy (non-hydrogen) atoms. The van der Waals surface area contributed by atoms with Crippen LogP contribution in [0.3, 0.4) is 0 Å². The van der Waals surface area contributed by atoms with Crippen LogP contribution in [0.4, 0.5) is 5.82 Å². The first kappa shape index (κ1) is 15.9. The third kappa shape index (κ3) is 2.91. The summed E-state index contributed by atoms with van der Waals surface area (Å²) < 4.78 is 30.2. The first-order chi connectivity index (χ1) is 11.4. The second kappa shape index (κ2) is 5.89. The van der Waals surface area contributed by atoms with E-state index in [0.717, 1.165) is 6.26 Å². The summed E-state index contributed by atoms with van der Waals surface area (Å²) >= 11 is 0. The van der Waals surface area contributed by atoms with Crippen molar-refractivity contribution in [2.24, 2.45) is 0 Å². The highest BCUT2D eigenvalue weighted by Gasteiger charge is 2.23. The Balaban J connectivity index is 1.95. The van der Waals surface area contributed by atoms with Gasteiger partial charge in [0, 0.05) is 24.2 Å². The van der Waals surface area contributed by atoms with Crippen molar-refractivity contribution in [1.29, 1.82) is 0 Å². The maximum absolute atomic E-state index is 12.3. The molecule has 3 aromatic heterocycles. The van der Waals surface area contributed by atoms with Crippen LogP contribution in [0.1, 0.15) is 16.1 Å². The molecule has 0 atom stereocenters. The van der Waals surface area contributed by atoms with Crippen LogP contribution in [0.2, 0.25) is 0 Å². The predicted molar refractivity (Wildman–Crippen MR) is 83.9 cm³/mol. The minimum Gasteiger partial charge on any atom is -0.456 e. The van der Waals surface area contributed by atoms with Crippen LogP contribution in [-0.4, -0.2) is 40.0 Å². The van der Waals surface area contributed by atoms with Gasteiger partial charge in [0.2, 0.25) is 15.0 Å². The maximum Gasteiger partial charge on any atom is 0.359 e. The Kier molecular flexibility index (Phi) is 3.89. The van der Waals surface area contributed by atoms with Gasteiger partial charge in [0.1, 0.15) is 18.8 Å². The minimum absolute atomic E-state index is 0.0913. The van der Waals surface area contributed by atoms with Crippen LogP contribution in [0.25, 0.3) is 5.52 Å². The lowest BCUT2D eigenvalue weighted by atomic mass is 10.3. The Bertz CT molecular complexity index is 1030. The van der Waals surface area contributed by atoms with Crippen LogP contribution in [-0.2, 0) is 21.2 Å². The SMILES string of the molecule is CS(=O)(=O)c1nc(C(=O)OCc2cncnc2N)c2ccccn12. The van der Waals surface area contributed by atoms with E-state index in [-0.39, 0.29) is 23.3 Å². The molecule has 0 unspecified atom stereocenters. The van der Waals surface area contributed by atoms with Crippen LogP contribution in [0, 0.1) is 0 Å². The number of fused-ring (bicyclic) bond motifs is 1.